The molecule has 1 aromatic carbocycles. The van der Waals surface area contributed by atoms with E-state index >= 15 is 0 Å². The van der Waals surface area contributed by atoms with Crippen molar-refractivity contribution >= 4 is 22.9 Å². The molecule has 138 valence electrons. The lowest BCUT2D eigenvalue weighted by molar-refractivity contribution is -0.125. The number of hydrogen-bond donors (Lipinski definition) is 0. The van der Waals surface area contributed by atoms with Crippen LogP contribution >= 0.6 is 0 Å². The summed E-state index contributed by atoms with van der Waals surface area (Å²) in [6, 6.07) is 10.2. The summed E-state index contributed by atoms with van der Waals surface area (Å²) in [6.07, 6.45) is 5.84. The van der Waals surface area contributed by atoms with Crippen molar-refractivity contribution < 1.29 is 9.32 Å². The molecule has 0 aliphatic heterocycles. The Labute approximate surface area is 158 Å². The second-order valence-corrected chi connectivity index (χ2v) is 6.53. The van der Waals surface area contributed by atoms with E-state index < -0.39 is 0 Å². The molecular weight excluding hydrogens is 340 g/mol. The van der Waals surface area contributed by atoms with Gasteiger partial charge in [0.2, 0.25) is 5.91 Å². The summed E-state index contributed by atoms with van der Waals surface area (Å²) >= 11 is 0. The molecule has 0 atom stereocenters. The second kappa shape index (κ2) is 7.92. The average molecular weight is 362 g/mol. The zero-order valence-corrected chi connectivity index (χ0v) is 15.8. The van der Waals surface area contributed by atoms with Gasteiger partial charge in [-0.15, -0.1) is 0 Å². The first-order valence-electron chi connectivity index (χ1n) is 8.81. The number of carbonyl (C=O) groups is 1. The Morgan fingerprint density at radius 2 is 2.15 bits per heavy atom. The molecule has 0 unspecified atom stereocenters. The lowest BCUT2D eigenvalue weighted by Crippen LogP contribution is -2.24. The average Bonchev–Trinajstić information content (AvgIpc) is 3.19. The zero-order valence-electron chi connectivity index (χ0n) is 15.8. The van der Waals surface area contributed by atoms with Crippen LogP contribution in [0.3, 0.4) is 0 Å². The first-order chi connectivity index (χ1) is 13.0. The minimum Gasteiger partial charge on any atom is -0.361 e. The van der Waals surface area contributed by atoms with E-state index in [2.05, 4.69) is 15.8 Å². The third kappa shape index (κ3) is 3.93. The first kappa shape index (κ1) is 18.5. The van der Waals surface area contributed by atoms with Gasteiger partial charge in [0.05, 0.1) is 24.7 Å². The van der Waals surface area contributed by atoms with Crippen molar-refractivity contribution in [3.63, 3.8) is 0 Å². The van der Waals surface area contributed by atoms with Gasteiger partial charge in [-0.2, -0.15) is 5.26 Å². The zero-order chi connectivity index (χ0) is 19.4. The number of benzene rings is 1. The Morgan fingerprint density at radius 3 is 2.85 bits per heavy atom. The number of aromatic nitrogens is 2. The Kier molecular flexibility index (Phi) is 5.41. The molecule has 0 aliphatic rings. The Morgan fingerprint density at radius 1 is 1.37 bits per heavy atom. The molecule has 0 saturated carbocycles. The Bertz CT molecular complexity index is 1020. The fraction of sp³-hybridized carbons (Fsp3) is 0.286. The molecule has 6 heteroatoms. The summed E-state index contributed by atoms with van der Waals surface area (Å²) in [4.78, 5) is 14.2. The number of nitriles is 1. The van der Waals surface area contributed by atoms with Gasteiger partial charge in [0.15, 0.2) is 0 Å². The number of carbonyl (C=O) groups excluding carboxylic acids is 1. The van der Waals surface area contributed by atoms with E-state index in [1.54, 1.807) is 18.0 Å². The van der Waals surface area contributed by atoms with Crippen molar-refractivity contribution in [1.82, 2.24) is 14.6 Å². The van der Waals surface area contributed by atoms with Gasteiger partial charge in [-0.3, -0.25) is 4.79 Å². The number of rotatable bonds is 6. The van der Waals surface area contributed by atoms with Crippen LogP contribution in [0.5, 0.6) is 0 Å². The van der Waals surface area contributed by atoms with E-state index in [0.29, 0.717) is 19.5 Å². The number of nitrogens with zero attached hydrogens (tertiary/aromatic N) is 4. The topological polar surface area (TPSA) is 75.1 Å². The third-order valence-electron chi connectivity index (χ3n) is 4.64. The van der Waals surface area contributed by atoms with Crippen molar-refractivity contribution in [3.05, 3.63) is 59.1 Å². The molecule has 0 N–H and O–H groups in total. The van der Waals surface area contributed by atoms with Gasteiger partial charge in [-0.25, -0.2) is 0 Å². The SMILES string of the molecule is Cc1noc(C)c1CN(C)C(=O)/C=C/c1cn(CCC#N)c2ccccc12. The van der Waals surface area contributed by atoms with Gasteiger partial charge in [0.1, 0.15) is 5.76 Å². The maximum absolute atomic E-state index is 12.5. The van der Waals surface area contributed by atoms with Gasteiger partial charge in [0, 0.05) is 47.9 Å². The van der Waals surface area contributed by atoms with Crippen LogP contribution in [-0.2, 0) is 17.9 Å². The van der Waals surface area contributed by atoms with Crippen LogP contribution in [0.1, 0.15) is 29.0 Å². The molecule has 1 amide bonds. The molecule has 0 bridgehead atoms. The highest BCUT2D eigenvalue weighted by Gasteiger charge is 2.14. The fourth-order valence-electron chi connectivity index (χ4n) is 3.09. The van der Waals surface area contributed by atoms with Crippen molar-refractivity contribution in [3.8, 4) is 6.07 Å². The standard InChI is InChI=1S/C21H22N4O2/c1-15-19(16(2)27-23-15)14-24(3)21(26)10-9-17-13-25(12-6-11-22)20-8-5-4-7-18(17)20/h4-5,7-10,13H,6,12,14H2,1-3H3/b10-9+. The van der Waals surface area contributed by atoms with Gasteiger partial charge in [0.25, 0.3) is 0 Å². The predicted molar refractivity (Wildman–Crippen MR) is 104 cm³/mol. The van der Waals surface area contributed by atoms with Gasteiger partial charge in [-0.1, -0.05) is 23.4 Å². The molecule has 6 nitrogen and oxygen atoms in total. The van der Waals surface area contributed by atoms with Crippen molar-refractivity contribution in [1.29, 1.82) is 5.26 Å². The van der Waals surface area contributed by atoms with E-state index in [1.165, 1.54) is 0 Å². The smallest absolute Gasteiger partial charge is 0.246 e. The molecule has 27 heavy (non-hydrogen) atoms. The third-order valence-corrected chi connectivity index (χ3v) is 4.64. The molecule has 3 rings (SSSR count). The maximum atomic E-state index is 12.5. The van der Waals surface area contributed by atoms with Crippen LogP contribution in [0.25, 0.3) is 17.0 Å². The molecule has 3 aromatic rings. The van der Waals surface area contributed by atoms with E-state index in [1.807, 2.05) is 50.4 Å². The minimum atomic E-state index is -0.0937. The van der Waals surface area contributed by atoms with Gasteiger partial charge < -0.3 is 14.0 Å². The van der Waals surface area contributed by atoms with Crippen LogP contribution < -0.4 is 0 Å². The van der Waals surface area contributed by atoms with Crippen molar-refractivity contribution in [2.75, 3.05) is 7.05 Å². The maximum Gasteiger partial charge on any atom is 0.246 e. The summed E-state index contributed by atoms with van der Waals surface area (Å²) in [6.45, 7) is 4.80. The molecule has 0 saturated heterocycles. The van der Waals surface area contributed by atoms with Crippen LogP contribution in [0.15, 0.2) is 41.1 Å². The molecular formula is C21H22N4O2. The van der Waals surface area contributed by atoms with Crippen LogP contribution in [0, 0.1) is 25.2 Å². The van der Waals surface area contributed by atoms with E-state index in [-0.39, 0.29) is 5.91 Å². The van der Waals surface area contributed by atoms with Gasteiger partial charge >= 0.3 is 0 Å². The number of hydrogen-bond acceptors (Lipinski definition) is 4. The van der Waals surface area contributed by atoms with Crippen LogP contribution in [-0.4, -0.2) is 27.6 Å². The molecule has 0 fully saturated rings. The van der Waals surface area contributed by atoms with Crippen molar-refractivity contribution in [2.45, 2.75) is 33.4 Å². The largest absolute Gasteiger partial charge is 0.361 e. The quantitative estimate of drug-likeness (QED) is 0.625. The summed E-state index contributed by atoms with van der Waals surface area (Å²) in [5.74, 6) is 0.639. The molecule has 0 aliphatic carbocycles. The molecule has 2 aromatic heterocycles. The number of amides is 1. The Balaban J connectivity index is 1.79. The fourth-order valence-corrected chi connectivity index (χ4v) is 3.09. The Hall–Kier alpha value is -3.33. The highest BCUT2D eigenvalue weighted by Crippen LogP contribution is 2.23. The van der Waals surface area contributed by atoms with Gasteiger partial charge in [-0.05, 0) is 26.0 Å². The minimum absolute atomic E-state index is 0.0937. The summed E-state index contributed by atoms with van der Waals surface area (Å²) < 4.78 is 7.21. The van der Waals surface area contributed by atoms with E-state index in [0.717, 1.165) is 33.5 Å². The summed E-state index contributed by atoms with van der Waals surface area (Å²) in [7, 11) is 1.76. The molecule has 0 spiro atoms. The highest BCUT2D eigenvalue weighted by atomic mass is 16.5. The first-order valence-corrected chi connectivity index (χ1v) is 8.81. The lowest BCUT2D eigenvalue weighted by atomic mass is 10.1. The highest BCUT2D eigenvalue weighted by molar-refractivity contribution is 5.96. The predicted octanol–water partition coefficient (Wildman–Crippen LogP) is 3.83. The van der Waals surface area contributed by atoms with E-state index in [9.17, 15) is 4.79 Å². The van der Waals surface area contributed by atoms with Crippen molar-refractivity contribution in [2.24, 2.45) is 0 Å². The second-order valence-electron chi connectivity index (χ2n) is 6.53. The summed E-state index contributed by atoms with van der Waals surface area (Å²) in [5, 5.41) is 13.8. The van der Waals surface area contributed by atoms with Crippen LogP contribution in [0.4, 0.5) is 0 Å². The number of aryl methyl sites for hydroxylation is 3. The lowest BCUT2D eigenvalue weighted by Gasteiger charge is -2.14. The van der Waals surface area contributed by atoms with E-state index in [4.69, 9.17) is 9.78 Å². The normalized spacial score (nSPS) is 11.2. The monoisotopic (exact) mass is 362 g/mol. The number of para-hydroxylation sites is 1. The number of fused-ring (bicyclic) bond motifs is 1. The summed E-state index contributed by atoms with van der Waals surface area (Å²) in [5.41, 5.74) is 3.76. The van der Waals surface area contributed by atoms with Crippen LogP contribution in [0.2, 0.25) is 0 Å². The molecule has 2 heterocycles. The molecule has 0 radical (unpaired) electrons. The number of likely N-dealkylation sites (N-methyl/N-ethyl adjacent to an activating group) is 1.